The Bertz CT molecular complexity index is 1390. The smallest absolute Gasteiger partial charge is 0.0159 e. The van der Waals surface area contributed by atoms with E-state index in [2.05, 4.69) is 98.8 Å². The second kappa shape index (κ2) is 4.98. The summed E-state index contributed by atoms with van der Waals surface area (Å²) < 4.78 is 0. The Morgan fingerprint density at radius 2 is 1.26 bits per heavy atom. The first kappa shape index (κ1) is 15.0. The van der Waals surface area contributed by atoms with E-state index in [0.29, 0.717) is 0 Å². The zero-order valence-corrected chi connectivity index (χ0v) is 15.6. The lowest BCUT2D eigenvalue weighted by Gasteiger charge is -2.36. The molecule has 0 saturated carbocycles. The first-order valence-electron chi connectivity index (χ1n) is 9.64. The highest BCUT2D eigenvalue weighted by atomic mass is 14.4. The van der Waals surface area contributed by atoms with E-state index in [1.807, 2.05) is 0 Å². The van der Waals surface area contributed by atoms with Gasteiger partial charge in [-0.2, -0.15) is 0 Å². The van der Waals surface area contributed by atoms with Gasteiger partial charge >= 0.3 is 0 Å². The van der Waals surface area contributed by atoms with Crippen LogP contribution < -0.4 is 0 Å². The van der Waals surface area contributed by atoms with Gasteiger partial charge in [0.05, 0.1) is 0 Å². The van der Waals surface area contributed by atoms with E-state index in [1.165, 1.54) is 54.6 Å². The molecule has 0 fully saturated rings. The summed E-state index contributed by atoms with van der Waals surface area (Å²) in [6.45, 7) is 4.74. The molecule has 1 aliphatic carbocycles. The van der Waals surface area contributed by atoms with Gasteiger partial charge in [-0.1, -0.05) is 92.7 Å². The standard InChI is InChI=1S/C27H20/c1-27(2)23-13-7-12-21-19-10-5-4-9-18(19)16-22(26(21)23)25-20-11-6-3-8-17(20)14-15-24(25)27/h3-16H,1-2H3. The van der Waals surface area contributed by atoms with Crippen LogP contribution in [0.15, 0.2) is 84.9 Å². The lowest BCUT2D eigenvalue weighted by Crippen LogP contribution is -2.23. The minimum Gasteiger partial charge on any atom is -0.0616 e. The molecule has 5 aromatic carbocycles. The highest BCUT2D eigenvalue weighted by molar-refractivity contribution is 6.19. The highest BCUT2D eigenvalue weighted by Gasteiger charge is 2.34. The van der Waals surface area contributed by atoms with E-state index in [0.717, 1.165) is 0 Å². The topological polar surface area (TPSA) is 0 Å². The predicted molar refractivity (Wildman–Crippen MR) is 117 cm³/mol. The van der Waals surface area contributed by atoms with Crippen molar-refractivity contribution in [2.45, 2.75) is 19.3 Å². The molecule has 0 atom stereocenters. The van der Waals surface area contributed by atoms with Crippen molar-refractivity contribution in [3.8, 4) is 11.1 Å². The normalized spacial score (nSPS) is 14.6. The van der Waals surface area contributed by atoms with Crippen LogP contribution in [0.1, 0.15) is 25.0 Å². The molecule has 0 aromatic heterocycles. The van der Waals surface area contributed by atoms with Crippen LogP contribution >= 0.6 is 0 Å². The zero-order chi connectivity index (χ0) is 18.2. The fourth-order valence-electron chi connectivity index (χ4n) is 5.11. The van der Waals surface area contributed by atoms with Crippen molar-refractivity contribution >= 4 is 32.3 Å². The van der Waals surface area contributed by atoms with Crippen molar-refractivity contribution in [1.29, 1.82) is 0 Å². The van der Waals surface area contributed by atoms with Gasteiger partial charge in [-0.15, -0.1) is 0 Å². The van der Waals surface area contributed by atoms with Crippen LogP contribution in [0.4, 0.5) is 0 Å². The molecule has 0 aliphatic heterocycles. The molecule has 0 unspecified atom stereocenters. The highest BCUT2D eigenvalue weighted by Crippen LogP contribution is 2.52. The summed E-state index contributed by atoms with van der Waals surface area (Å²) in [7, 11) is 0. The van der Waals surface area contributed by atoms with E-state index in [4.69, 9.17) is 0 Å². The fourth-order valence-corrected chi connectivity index (χ4v) is 5.11. The Morgan fingerprint density at radius 3 is 2.11 bits per heavy atom. The maximum absolute atomic E-state index is 2.40. The summed E-state index contributed by atoms with van der Waals surface area (Å²) >= 11 is 0. The van der Waals surface area contributed by atoms with Crippen molar-refractivity contribution in [3.63, 3.8) is 0 Å². The van der Waals surface area contributed by atoms with Crippen molar-refractivity contribution < 1.29 is 0 Å². The molecule has 0 nitrogen and oxygen atoms in total. The lowest BCUT2D eigenvalue weighted by molar-refractivity contribution is 0.646. The van der Waals surface area contributed by atoms with Gasteiger partial charge in [-0.25, -0.2) is 0 Å². The minimum atomic E-state index is -0.0195. The monoisotopic (exact) mass is 344 g/mol. The fraction of sp³-hybridized carbons (Fsp3) is 0.111. The van der Waals surface area contributed by atoms with Gasteiger partial charge in [0.25, 0.3) is 0 Å². The molecule has 0 N–H and O–H groups in total. The molecule has 0 radical (unpaired) electrons. The Hall–Kier alpha value is -3.12. The average Bonchev–Trinajstić information content (AvgIpc) is 2.71. The average molecular weight is 344 g/mol. The maximum Gasteiger partial charge on any atom is 0.0159 e. The van der Waals surface area contributed by atoms with Crippen molar-refractivity contribution in [2.75, 3.05) is 0 Å². The van der Waals surface area contributed by atoms with Crippen LogP contribution in [-0.2, 0) is 5.41 Å². The summed E-state index contributed by atoms with van der Waals surface area (Å²) in [6, 6.07) is 31.4. The third kappa shape index (κ3) is 1.83. The predicted octanol–water partition coefficient (Wildman–Crippen LogP) is 7.45. The minimum absolute atomic E-state index is 0.0195. The third-order valence-electron chi connectivity index (χ3n) is 6.43. The molecule has 128 valence electrons. The van der Waals surface area contributed by atoms with Crippen LogP contribution in [0.3, 0.4) is 0 Å². The van der Waals surface area contributed by atoms with Gasteiger partial charge < -0.3 is 0 Å². The van der Waals surface area contributed by atoms with Crippen molar-refractivity contribution in [3.05, 3.63) is 96.1 Å². The van der Waals surface area contributed by atoms with Crippen molar-refractivity contribution in [1.82, 2.24) is 0 Å². The Balaban J connectivity index is 1.94. The molecule has 1 aliphatic rings. The summed E-state index contributed by atoms with van der Waals surface area (Å²) in [5, 5.41) is 8.12. The quantitative estimate of drug-likeness (QED) is 0.256. The molecule has 0 spiro atoms. The summed E-state index contributed by atoms with van der Waals surface area (Å²) in [4.78, 5) is 0. The largest absolute Gasteiger partial charge is 0.0616 e. The third-order valence-corrected chi connectivity index (χ3v) is 6.43. The van der Waals surface area contributed by atoms with Crippen LogP contribution in [-0.4, -0.2) is 0 Å². The van der Waals surface area contributed by atoms with Crippen molar-refractivity contribution in [2.24, 2.45) is 0 Å². The van der Waals surface area contributed by atoms with Crippen LogP contribution in [0.2, 0.25) is 0 Å². The van der Waals surface area contributed by atoms with E-state index in [-0.39, 0.29) is 5.41 Å². The van der Waals surface area contributed by atoms with E-state index >= 15 is 0 Å². The maximum atomic E-state index is 2.40. The van der Waals surface area contributed by atoms with E-state index in [9.17, 15) is 0 Å². The Labute approximate surface area is 159 Å². The molecule has 0 saturated heterocycles. The first-order valence-corrected chi connectivity index (χ1v) is 9.64. The number of benzene rings is 5. The van der Waals surface area contributed by atoms with Gasteiger partial charge in [-0.05, 0) is 60.6 Å². The number of hydrogen-bond acceptors (Lipinski definition) is 0. The molecule has 0 amide bonds. The second-order valence-corrected chi connectivity index (χ2v) is 8.21. The Kier molecular flexibility index (Phi) is 2.77. The second-order valence-electron chi connectivity index (χ2n) is 8.21. The molecule has 0 bridgehead atoms. The number of fused-ring (bicyclic) bond motifs is 6. The van der Waals surface area contributed by atoms with Crippen LogP contribution in [0.5, 0.6) is 0 Å². The molecule has 6 rings (SSSR count). The van der Waals surface area contributed by atoms with E-state index < -0.39 is 0 Å². The molecule has 0 heterocycles. The number of hydrogen-bond donors (Lipinski definition) is 0. The molecule has 5 aromatic rings. The summed E-state index contributed by atoms with van der Waals surface area (Å²) in [6.07, 6.45) is 0. The van der Waals surface area contributed by atoms with Gasteiger partial charge in [0, 0.05) is 5.41 Å². The van der Waals surface area contributed by atoms with Gasteiger partial charge in [0.15, 0.2) is 0 Å². The zero-order valence-electron chi connectivity index (χ0n) is 15.6. The SMILES string of the molecule is CC1(C)c2ccc3ccccc3c2-c2cc3ccccc3c3cccc1c23. The molecular weight excluding hydrogens is 324 g/mol. The molecule has 27 heavy (non-hydrogen) atoms. The van der Waals surface area contributed by atoms with Gasteiger partial charge in [-0.3, -0.25) is 0 Å². The van der Waals surface area contributed by atoms with Crippen LogP contribution in [0, 0.1) is 0 Å². The van der Waals surface area contributed by atoms with Gasteiger partial charge in [0.2, 0.25) is 0 Å². The first-order chi connectivity index (χ1) is 13.2. The number of rotatable bonds is 0. The molecular formula is C27H20. The summed E-state index contributed by atoms with van der Waals surface area (Å²) in [5.74, 6) is 0. The van der Waals surface area contributed by atoms with Crippen LogP contribution in [0.25, 0.3) is 43.4 Å². The van der Waals surface area contributed by atoms with Gasteiger partial charge in [0.1, 0.15) is 0 Å². The lowest BCUT2D eigenvalue weighted by atomic mass is 9.67. The van der Waals surface area contributed by atoms with E-state index in [1.54, 1.807) is 0 Å². The Morgan fingerprint density at radius 1 is 0.556 bits per heavy atom. The summed E-state index contributed by atoms with van der Waals surface area (Å²) in [5.41, 5.74) is 5.63. The molecule has 0 heteroatoms.